The van der Waals surface area contributed by atoms with E-state index < -0.39 is 5.82 Å². The second-order valence-corrected chi connectivity index (χ2v) is 1.61. The summed E-state index contributed by atoms with van der Waals surface area (Å²) in [5.41, 5.74) is 0. The normalized spacial score (nSPS) is 8.09. The number of rotatable bonds is 0. The minimum Gasteiger partial charge on any atom is -0.289 e. The van der Waals surface area contributed by atoms with Gasteiger partial charge in [0.25, 0.3) is 0 Å². The van der Waals surface area contributed by atoms with Gasteiger partial charge in [0.05, 0.1) is 12.4 Å². The van der Waals surface area contributed by atoms with E-state index >= 15 is 0 Å². The zero-order valence-electron chi connectivity index (χ0n) is 5.41. The largest absolute Gasteiger partial charge is 0.289 e. The van der Waals surface area contributed by atoms with Gasteiger partial charge in [-0.1, -0.05) is 0 Å². The summed E-state index contributed by atoms with van der Waals surface area (Å²) >= 11 is 0. The number of carbonyl (C=O) groups is 1. The summed E-state index contributed by atoms with van der Waals surface area (Å²) in [6.45, 7) is 0. The molecule has 11 heavy (non-hydrogen) atoms. The third kappa shape index (κ3) is 2.14. The quantitative estimate of drug-likeness (QED) is 0.391. The van der Waals surface area contributed by atoms with Crippen molar-refractivity contribution in [3.63, 3.8) is 0 Å². The first-order valence-corrected chi connectivity index (χ1v) is 2.75. The van der Waals surface area contributed by atoms with Gasteiger partial charge < -0.3 is 0 Å². The molecule has 0 unspecified atom stereocenters. The first-order chi connectivity index (χ1) is 5.33. The summed E-state index contributed by atoms with van der Waals surface area (Å²) in [6, 6.07) is 0. The summed E-state index contributed by atoms with van der Waals surface area (Å²) in [6.07, 6.45) is 2.40. The lowest BCUT2D eigenvalue weighted by atomic mass is 10.5. The zero-order chi connectivity index (χ0) is 8.10. The van der Waals surface area contributed by atoms with E-state index in [1.807, 2.05) is 0 Å². The van der Waals surface area contributed by atoms with Crippen LogP contribution in [-0.4, -0.2) is 16.3 Å². The molecule has 1 rings (SSSR count). The van der Waals surface area contributed by atoms with Gasteiger partial charge in [-0.15, -0.1) is 0 Å². The van der Waals surface area contributed by atoms with Crippen molar-refractivity contribution >= 4 is 6.29 Å². The van der Waals surface area contributed by atoms with E-state index in [1.54, 1.807) is 0 Å². The molecule has 4 heteroatoms. The van der Waals surface area contributed by atoms with Gasteiger partial charge in [0.2, 0.25) is 5.82 Å². The summed E-state index contributed by atoms with van der Waals surface area (Å²) < 4.78 is 12.2. The Morgan fingerprint density at radius 3 is 2.64 bits per heavy atom. The third-order valence-corrected chi connectivity index (χ3v) is 0.863. The third-order valence-electron chi connectivity index (χ3n) is 0.863. The van der Waals surface area contributed by atoms with Crippen molar-refractivity contribution in [3.8, 4) is 11.8 Å². The van der Waals surface area contributed by atoms with Crippen LogP contribution in [0.2, 0.25) is 0 Å². The molecule has 0 radical (unpaired) electrons. The lowest BCUT2D eigenvalue weighted by molar-refractivity contribution is -0.103. The maximum Gasteiger partial charge on any atom is 0.205 e. The van der Waals surface area contributed by atoms with Crippen molar-refractivity contribution in [2.75, 3.05) is 0 Å². The van der Waals surface area contributed by atoms with Gasteiger partial charge in [-0.3, -0.25) is 4.79 Å². The van der Waals surface area contributed by atoms with Crippen molar-refractivity contribution in [1.82, 2.24) is 9.97 Å². The van der Waals surface area contributed by atoms with Crippen LogP contribution in [0.5, 0.6) is 0 Å². The standard InChI is InChI=1S/C7H3FN2O/c8-6-4-9-7(10-5-6)2-1-3-11/h3-5H. The van der Waals surface area contributed by atoms with Gasteiger partial charge in [-0.05, 0) is 11.8 Å². The molecule has 0 saturated carbocycles. The van der Waals surface area contributed by atoms with Crippen molar-refractivity contribution in [2.24, 2.45) is 0 Å². The van der Waals surface area contributed by atoms with Gasteiger partial charge in [-0.25, -0.2) is 14.4 Å². The van der Waals surface area contributed by atoms with E-state index in [0.717, 1.165) is 12.4 Å². The monoisotopic (exact) mass is 150 g/mol. The molecular formula is C7H3FN2O. The van der Waals surface area contributed by atoms with Crippen LogP contribution < -0.4 is 0 Å². The molecule has 1 aromatic heterocycles. The van der Waals surface area contributed by atoms with Crippen molar-refractivity contribution in [2.45, 2.75) is 0 Å². The van der Waals surface area contributed by atoms with E-state index in [0.29, 0.717) is 6.29 Å². The average Bonchev–Trinajstić information content (AvgIpc) is 2.04. The van der Waals surface area contributed by atoms with E-state index in [4.69, 9.17) is 0 Å². The predicted octanol–water partition coefficient (Wildman–Crippen LogP) is 0.166. The van der Waals surface area contributed by atoms with E-state index in [1.165, 1.54) is 0 Å². The van der Waals surface area contributed by atoms with Crippen LogP contribution in [0.25, 0.3) is 0 Å². The number of aromatic nitrogens is 2. The predicted molar refractivity (Wildman–Crippen MR) is 34.9 cm³/mol. The molecule has 0 aliphatic carbocycles. The highest BCUT2D eigenvalue weighted by atomic mass is 19.1. The second kappa shape index (κ2) is 3.42. The molecule has 0 bridgehead atoms. The highest BCUT2D eigenvalue weighted by molar-refractivity contribution is 5.73. The Morgan fingerprint density at radius 2 is 2.09 bits per heavy atom. The fraction of sp³-hybridized carbons (Fsp3) is 0. The summed E-state index contributed by atoms with van der Waals surface area (Å²) in [4.78, 5) is 16.7. The van der Waals surface area contributed by atoms with Gasteiger partial charge in [0, 0.05) is 0 Å². The van der Waals surface area contributed by atoms with Crippen LogP contribution >= 0.6 is 0 Å². The van der Waals surface area contributed by atoms with Crippen LogP contribution in [0.4, 0.5) is 4.39 Å². The molecule has 0 aliphatic heterocycles. The number of nitrogens with zero attached hydrogens (tertiary/aromatic N) is 2. The fourth-order valence-corrected chi connectivity index (χ4v) is 0.471. The second-order valence-electron chi connectivity index (χ2n) is 1.61. The van der Waals surface area contributed by atoms with Gasteiger partial charge in [0.1, 0.15) is 0 Å². The maximum atomic E-state index is 12.2. The van der Waals surface area contributed by atoms with Crippen LogP contribution in [0.1, 0.15) is 5.82 Å². The molecule has 0 atom stereocenters. The zero-order valence-corrected chi connectivity index (χ0v) is 5.41. The molecule has 0 spiro atoms. The SMILES string of the molecule is O=CC#Cc1ncc(F)cn1. The number of hydrogen-bond donors (Lipinski definition) is 0. The molecule has 54 valence electrons. The lowest BCUT2D eigenvalue weighted by Crippen LogP contribution is -1.88. The van der Waals surface area contributed by atoms with E-state index in [9.17, 15) is 9.18 Å². The highest BCUT2D eigenvalue weighted by Crippen LogP contribution is 1.90. The molecule has 0 amide bonds. The topological polar surface area (TPSA) is 42.9 Å². The lowest BCUT2D eigenvalue weighted by Gasteiger charge is -1.85. The Morgan fingerprint density at radius 1 is 1.45 bits per heavy atom. The Kier molecular flexibility index (Phi) is 2.28. The summed E-state index contributed by atoms with van der Waals surface area (Å²) in [5.74, 6) is 4.03. The number of aldehydes is 1. The molecule has 0 N–H and O–H groups in total. The number of carbonyl (C=O) groups excluding carboxylic acids is 1. The molecule has 0 fully saturated rings. The van der Waals surface area contributed by atoms with Gasteiger partial charge in [0.15, 0.2) is 12.1 Å². The molecule has 1 heterocycles. The first kappa shape index (κ1) is 7.35. The van der Waals surface area contributed by atoms with E-state index in [2.05, 4.69) is 21.8 Å². The van der Waals surface area contributed by atoms with Crippen molar-refractivity contribution < 1.29 is 9.18 Å². The van der Waals surface area contributed by atoms with Crippen molar-refractivity contribution in [3.05, 3.63) is 24.0 Å². The van der Waals surface area contributed by atoms with Gasteiger partial charge >= 0.3 is 0 Å². The first-order valence-electron chi connectivity index (χ1n) is 2.75. The minimum atomic E-state index is -0.526. The Hall–Kier alpha value is -1.76. The summed E-state index contributed by atoms with van der Waals surface area (Å²) in [5, 5.41) is 0. The van der Waals surface area contributed by atoms with E-state index in [-0.39, 0.29) is 5.82 Å². The van der Waals surface area contributed by atoms with Crippen LogP contribution in [0.15, 0.2) is 12.4 Å². The van der Waals surface area contributed by atoms with Crippen LogP contribution in [0, 0.1) is 17.7 Å². The Bertz CT molecular complexity index is 309. The molecule has 0 saturated heterocycles. The number of hydrogen-bond acceptors (Lipinski definition) is 3. The molecule has 0 aromatic carbocycles. The maximum absolute atomic E-state index is 12.2. The molecule has 0 aliphatic rings. The van der Waals surface area contributed by atoms with Crippen LogP contribution in [-0.2, 0) is 4.79 Å². The smallest absolute Gasteiger partial charge is 0.205 e. The van der Waals surface area contributed by atoms with Crippen molar-refractivity contribution in [1.29, 1.82) is 0 Å². The highest BCUT2D eigenvalue weighted by Gasteiger charge is 1.90. The Labute approximate surface area is 62.3 Å². The molecule has 3 nitrogen and oxygen atoms in total. The average molecular weight is 150 g/mol. The molecular weight excluding hydrogens is 147 g/mol. The summed E-state index contributed by atoms with van der Waals surface area (Å²) in [7, 11) is 0. The minimum absolute atomic E-state index is 0.138. The van der Waals surface area contributed by atoms with Crippen LogP contribution in [0.3, 0.4) is 0 Å². The van der Waals surface area contributed by atoms with Gasteiger partial charge in [-0.2, -0.15) is 0 Å². The molecule has 1 aromatic rings. The number of halogens is 1. The fourth-order valence-electron chi connectivity index (χ4n) is 0.471. The Balaban J connectivity index is 2.90.